The second kappa shape index (κ2) is 3.95. The molecule has 2 aromatic rings. The van der Waals surface area contributed by atoms with E-state index in [2.05, 4.69) is 46.4 Å². The summed E-state index contributed by atoms with van der Waals surface area (Å²) in [4.78, 5) is 4.62. The van der Waals surface area contributed by atoms with Gasteiger partial charge in [0.05, 0.1) is 11.0 Å². The van der Waals surface area contributed by atoms with E-state index in [0.717, 1.165) is 18.0 Å². The van der Waals surface area contributed by atoms with E-state index in [1.54, 1.807) is 0 Å². The molecule has 90 valence electrons. The topological polar surface area (TPSA) is 29.9 Å². The fourth-order valence-corrected chi connectivity index (χ4v) is 2.86. The Hall–Kier alpha value is -1.16. The number of anilines is 1. The molecule has 3 nitrogen and oxygen atoms in total. The fourth-order valence-electron chi connectivity index (χ4n) is 2.14. The first-order valence-electron chi connectivity index (χ1n) is 5.95. The number of hydrogen-bond acceptors (Lipinski definition) is 3. The van der Waals surface area contributed by atoms with Crippen LogP contribution in [0.1, 0.15) is 12.8 Å². The molecule has 0 atom stereocenters. The lowest BCUT2D eigenvalue weighted by Crippen LogP contribution is -2.19. The molecule has 0 bridgehead atoms. The van der Waals surface area contributed by atoms with E-state index >= 15 is 0 Å². The molecule has 4 heteroatoms. The molecule has 0 aliphatic heterocycles. The van der Waals surface area contributed by atoms with Crippen molar-refractivity contribution in [1.29, 1.82) is 0 Å². The maximum Gasteiger partial charge on any atom is 0.203 e. The number of rotatable bonds is 4. The van der Waals surface area contributed by atoms with Gasteiger partial charge >= 0.3 is 0 Å². The van der Waals surface area contributed by atoms with Gasteiger partial charge in [0.2, 0.25) is 5.95 Å². The highest BCUT2D eigenvalue weighted by molar-refractivity contribution is 8.00. The van der Waals surface area contributed by atoms with Crippen molar-refractivity contribution in [2.24, 2.45) is 7.05 Å². The minimum absolute atomic E-state index is 0.470. The summed E-state index contributed by atoms with van der Waals surface area (Å²) in [5, 5.41) is 3.49. The van der Waals surface area contributed by atoms with Crippen LogP contribution in [0.25, 0.3) is 11.0 Å². The molecule has 17 heavy (non-hydrogen) atoms. The van der Waals surface area contributed by atoms with Gasteiger partial charge in [0.1, 0.15) is 0 Å². The Morgan fingerprint density at radius 3 is 2.82 bits per heavy atom. The Morgan fingerprint density at radius 2 is 2.18 bits per heavy atom. The van der Waals surface area contributed by atoms with Gasteiger partial charge in [0.25, 0.3) is 0 Å². The van der Waals surface area contributed by atoms with Crippen molar-refractivity contribution in [2.75, 3.05) is 18.1 Å². The molecule has 1 fully saturated rings. The van der Waals surface area contributed by atoms with Crippen LogP contribution in [0.5, 0.6) is 0 Å². The number of nitrogens with one attached hydrogen (secondary N) is 1. The Balaban J connectivity index is 1.83. The second-order valence-corrected chi connectivity index (χ2v) is 6.00. The van der Waals surface area contributed by atoms with Gasteiger partial charge in [-0.25, -0.2) is 4.98 Å². The van der Waals surface area contributed by atoms with E-state index in [-0.39, 0.29) is 0 Å². The lowest BCUT2D eigenvalue weighted by Gasteiger charge is -2.13. The summed E-state index contributed by atoms with van der Waals surface area (Å²) in [6.07, 6.45) is 4.85. The predicted molar refractivity (Wildman–Crippen MR) is 74.7 cm³/mol. The molecular weight excluding hydrogens is 230 g/mol. The molecule has 0 radical (unpaired) electrons. The van der Waals surface area contributed by atoms with Crippen molar-refractivity contribution in [1.82, 2.24) is 9.55 Å². The molecule has 1 saturated carbocycles. The van der Waals surface area contributed by atoms with Crippen LogP contribution in [0, 0.1) is 0 Å². The molecule has 1 aromatic carbocycles. The number of hydrogen-bond donors (Lipinski definition) is 1. The smallest absolute Gasteiger partial charge is 0.203 e. The zero-order valence-electron chi connectivity index (χ0n) is 10.2. The van der Waals surface area contributed by atoms with E-state index in [1.165, 1.54) is 18.4 Å². The average molecular weight is 247 g/mol. The van der Waals surface area contributed by atoms with Crippen LogP contribution < -0.4 is 5.32 Å². The van der Waals surface area contributed by atoms with Gasteiger partial charge in [0, 0.05) is 18.3 Å². The zero-order chi connectivity index (χ0) is 11.9. The van der Waals surface area contributed by atoms with Crippen LogP contribution in [-0.2, 0) is 7.05 Å². The SMILES string of the molecule is CSC1(CNc2nc3ccccc3n2C)CC1. The largest absolute Gasteiger partial charge is 0.354 e. The average Bonchev–Trinajstić information content (AvgIpc) is 3.08. The van der Waals surface area contributed by atoms with Crippen molar-refractivity contribution in [3.8, 4) is 0 Å². The van der Waals surface area contributed by atoms with Crippen molar-refractivity contribution in [2.45, 2.75) is 17.6 Å². The zero-order valence-corrected chi connectivity index (χ0v) is 11.0. The number of aryl methyl sites for hydroxylation is 1. The molecule has 0 spiro atoms. The number of fused-ring (bicyclic) bond motifs is 1. The van der Waals surface area contributed by atoms with Crippen molar-refractivity contribution in [3.05, 3.63) is 24.3 Å². The molecule has 1 aliphatic carbocycles. The lowest BCUT2D eigenvalue weighted by atomic mass is 10.3. The van der Waals surface area contributed by atoms with Gasteiger partial charge in [0.15, 0.2) is 0 Å². The first kappa shape index (κ1) is 11.0. The van der Waals surface area contributed by atoms with Gasteiger partial charge in [-0.3, -0.25) is 0 Å². The minimum atomic E-state index is 0.470. The van der Waals surface area contributed by atoms with E-state index in [4.69, 9.17) is 0 Å². The molecule has 0 saturated heterocycles. The molecule has 1 heterocycles. The number of aromatic nitrogens is 2. The fraction of sp³-hybridized carbons (Fsp3) is 0.462. The maximum atomic E-state index is 4.62. The van der Waals surface area contributed by atoms with Crippen LogP contribution in [0.3, 0.4) is 0 Å². The Bertz CT molecular complexity index is 543. The van der Waals surface area contributed by atoms with E-state index in [1.807, 2.05) is 17.8 Å². The van der Waals surface area contributed by atoms with Gasteiger partial charge in [-0.1, -0.05) is 12.1 Å². The highest BCUT2D eigenvalue weighted by atomic mass is 32.2. The van der Waals surface area contributed by atoms with Gasteiger partial charge in [-0.15, -0.1) is 0 Å². The second-order valence-electron chi connectivity index (χ2n) is 4.72. The highest BCUT2D eigenvalue weighted by Crippen LogP contribution is 2.47. The molecule has 3 rings (SSSR count). The number of nitrogens with zero attached hydrogens (tertiary/aromatic N) is 2. The third-order valence-corrected chi connectivity index (χ3v) is 5.02. The van der Waals surface area contributed by atoms with Gasteiger partial charge < -0.3 is 9.88 Å². The number of para-hydroxylation sites is 2. The van der Waals surface area contributed by atoms with E-state index in [9.17, 15) is 0 Å². The Labute approximate surface area is 106 Å². The molecule has 0 unspecified atom stereocenters. The summed E-state index contributed by atoms with van der Waals surface area (Å²) in [6.45, 7) is 1.02. The van der Waals surface area contributed by atoms with E-state index < -0.39 is 0 Å². The summed E-state index contributed by atoms with van der Waals surface area (Å²) in [6, 6.07) is 8.25. The summed E-state index contributed by atoms with van der Waals surface area (Å²) in [5.74, 6) is 0.978. The molecular formula is C13H17N3S. The first-order chi connectivity index (χ1) is 8.24. The summed E-state index contributed by atoms with van der Waals surface area (Å²) < 4.78 is 2.60. The summed E-state index contributed by atoms with van der Waals surface area (Å²) >= 11 is 1.97. The molecule has 1 N–H and O–H groups in total. The number of benzene rings is 1. The van der Waals surface area contributed by atoms with Crippen LogP contribution >= 0.6 is 11.8 Å². The van der Waals surface area contributed by atoms with Crippen LogP contribution in [0.4, 0.5) is 5.95 Å². The third kappa shape index (κ3) is 1.90. The van der Waals surface area contributed by atoms with Gasteiger partial charge in [-0.05, 0) is 31.2 Å². The monoisotopic (exact) mass is 247 g/mol. The quantitative estimate of drug-likeness (QED) is 0.901. The normalized spacial score (nSPS) is 17.3. The van der Waals surface area contributed by atoms with Gasteiger partial charge in [-0.2, -0.15) is 11.8 Å². The predicted octanol–water partition coefficient (Wildman–Crippen LogP) is 2.88. The summed E-state index contributed by atoms with van der Waals surface area (Å²) in [5.41, 5.74) is 2.25. The maximum absolute atomic E-state index is 4.62. The van der Waals surface area contributed by atoms with Crippen molar-refractivity contribution < 1.29 is 0 Å². The van der Waals surface area contributed by atoms with Crippen molar-refractivity contribution in [3.63, 3.8) is 0 Å². The Morgan fingerprint density at radius 1 is 1.41 bits per heavy atom. The van der Waals surface area contributed by atoms with Crippen molar-refractivity contribution >= 4 is 28.7 Å². The Kier molecular flexibility index (Phi) is 2.54. The lowest BCUT2D eigenvalue weighted by molar-refractivity contribution is 0.885. The number of thioether (sulfide) groups is 1. The summed E-state index contributed by atoms with van der Waals surface area (Å²) in [7, 11) is 2.07. The third-order valence-electron chi connectivity index (χ3n) is 3.60. The van der Waals surface area contributed by atoms with Crippen LogP contribution in [0.2, 0.25) is 0 Å². The van der Waals surface area contributed by atoms with Crippen LogP contribution in [0.15, 0.2) is 24.3 Å². The number of imidazole rings is 1. The molecule has 0 amide bonds. The molecule has 1 aliphatic rings. The molecule has 1 aromatic heterocycles. The standard InChI is InChI=1S/C13H17N3S/c1-16-11-6-4-3-5-10(11)15-12(16)14-9-13(17-2)7-8-13/h3-6H,7-9H2,1-2H3,(H,14,15). The van der Waals surface area contributed by atoms with Crippen LogP contribution in [-0.4, -0.2) is 27.1 Å². The highest BCUT2D eigenvalue weighted by Gasteiger charge is 2.41. The first-order valence-corrected chi connectivity index (χ1v) is 7.17. The minimum Gasteiger partial charge on any atom is -0.354 e. The van der Waals surface area contributed by atoms with E-state index in [0.29, 0.717) is 4.75 Å².